The normalized spacial score (nSPS) is 16.7. The summed E-state index contributed by atoms with van der Waals surface area (Å²) >= 11 is 0. The van der Waals surface area contributed by atoms with Crippen molar-refractivity contribution in [3.05, 3.63) is 59.4 Å². The summed E-state index contributed by atoms with van der Waals surface area (Å²) < 4.78 is 13.4. The molecule has 2 aliphatic heterocycles. The minimum atomic E-state index is -0.374. The highest BCUT2D eigenvalue weighted by atomic mass is 19.1. The van der Waals surface area contributed by atoms with Crippen molar-refractivity contribution in [1.29, 1.82) is 0 Å². The molecule has 0 saturated carbocycles. The first-order valence-electron chi connectivity index (χ1n) is 8.18. The van der Waals surface area contributed by atoms with Crippen LogP contribution in [0.4, 0.5) is 15.8 Å². The molecule has 23 heavy (non-hydrogen) atoms. The topological polar surface area (TPSA) is 23.6 Å². The molecule has 0 radical (unpaired) electrons. The van der Waals surface area contributed by atoms with E-state index in [9.17, 15) is 9.18 Å². The summed E-state index contributed by atoms with van der Waals surface area (Å²) in [4.78, 5) is 16.9. The van der Waals surface area contributed by atoms with Crippen LogP contribution in [-0.4, -0.2) is 25.5 Å². The minimum Gasteiger partial charge on any atom is -0.371 e. The molecule has 1 fully saturated rings. The second kappa shape index (κ2) is 5.69. The predicted octanol–water partition coefficient (Wildman–Crippen LogP) is 3.63. The van der Waals surface area contributed by atoms with Gasteiger partial charge in [0.05, 0.1) is 0 Å². The zero-order chi connectivity index (χ0) is 15.8. The second-order valence-electron chi connectivity index (χ2n) is 6.22. The standard InChI is InChI=1S/C19H19FN2O/c20-16-5-3-4-15(12-16)19(23)22-11-8-14-6-7-17(13-18(14)22)21-9-1-2-10-21/h3-7,12-13H,1-2,8-11H2. The van der Waals surface area contributed by atoms with Crippen molar-refractivity contribution in [2.24, 2.45) is 0 Å². The fraction of sp³-hybridized carbons (Fsp3) is 0.316. The zero-order valence-electron chi connectivity index (χ0n) is 13.0. The molecule has 4 rings (SSSR count). The van der Waals surface area contributed by atoms with Crippen LogP contribution in [0.15, 0.2) is 42.5 Å². The fourth-order valence-electron chi connectivity index (χ4n) is 3.53. The number of halogens is 1. The lowest BCUT2D eigenvalue weighted by molar-refractivity contribution is 0.0989. The van der Waals surface area contributed by atoms with Gasteiger partial charge in [-0.15, -0.1) is 0 Å². The Labute approximate surface area is 135 Å². The monoisotopic (exact) mass is 310 g/mol. The summed E-state index contributed by atoms with van der Waals surface area (Å²) in [5.41, 5.74) is 3.76. The van der Waals surface area contributed by atoms with Crippen molar-refractivity contribution in [3.63, 3.8) is 0 Å². The maximum absolute atomic E-state index is 13.4. The van der Waals surface area contributed by atoms with Crippen LogP contribution in [0.2, 0.25) is 0 Å². The number of anilines is 2. The molecule has 0 aromatic heterocycles. The van der Waals surface area contributed by atoms with Crippen LogP contribution in [0.5, 0.6) is 0 Å². The lowest BCUT2D eigenvalue weighted by Crippen LogP contribution is -2.29. The van der Waals surface area contributed by atoms with Crippen LogP contribution in [0.1, 0.15) is 28.8 Å². The number of hydrogen-bond acceptors (Lipinski definition) is 2. The van der Waals surface area contributed by atoms with E-state index in [0.717, 1.165) is 25.2 Å². The van der Waals surface area contributed by atoms with E-state index in [1.807, 2.05) is 0 Å². The number of hydrogen-bond donors (Lipinski definition) is 0. The smallest absolute Gasteiger partial charge is 0.258 e. The minimum absolute atomic E-state index is 0.123. The maximum atomic E-state index is 13.4. The zero-order valence-corrected chi connectivity index (χ0v) is 13.0. The van der Waals surface area contributed by atoms with E-state index in [1.54, 1.807) is 17.0 Å². The van der Waals surface area contributed by atoms with Gasteiger partial charge in [-0.1, -0.05) is 12.1 Å². The van der Waals surface area contributed by atoms with Gasteiger partial charge in [0, 0.05) is 36.6 Å². The van der Waals surface area contributed by atoms with Crippen molar-refractivity contribution >= 4 is 17.3 Å². The van der Waals surface area contributed by atoms with Gasteiger partial charge in [-0.2, -0.15) is 0 Å². The molecular formula is C19H19FN2O. The Hall–Kier alpha value is -2.36. The first-order valence-corrected chi connectivity index (χ1v) is 8.18. The summed E-state index contributed by atoms with van der Waals surface area (Å²) in [5.74, 6) is -0.497. The molecular weight excluding hydrogens is 291 g/mol. The Balaban J connectivity index is 1.66. The molecule has 4 heteroatoms. The number of fused-ring (bicyclic) bond motifs is 1. The molecule has 2 aromatic rings. The van der Waals surface area contributed by atoms with Crippen molar-refractivity contribution < 1.29 is 9.18 Å². The number of carbonyl (C=O) groups is 1. The third kappa shape index (κ3) is 2.58. The van der Waals surface area contributed by atoms with Crippen LogP contribution in [-0.2, 0) is 6.42 Å². The van der Waals surface area contributed by atoms with E-state index in [4.69, 9.17) is 0 Å². The van der Waals surface area contributed by atoms with Crippen molar-refractivity contribution in [1.82, 2.24) is 0 Å². The number of benzene rings is 2. The molecule has 2 heterocycles. The Morgan fingerprint density at radius 2 is 1.83 bits per heavy atom. The van der Waals surface area contributed by atoms with Gasteiger partial charge in [0.15, 0.2) is 0 Å². The van der Waals surface area contributed by atoms with Gasteiger partial charge in [0.25, 0.3) is 5.91 Å². The number of rotatable bonds is 2. The Morgan fingerprint density at radius 3 is 2.61 bits per heavy atom. The summed E-state index contributed by atoms with van der Waals surface area (Å²) in [7, 11) is 0. The van der Waals surface area contributed by atoms with E-state index in [1.165, 1.54) is 36.2 Å². The van der Waals surface area contributed by atoms with Gasteiger partial charge in [-0.25, -0.2) is 4.39 Å². The number of carbonyl (C=O) groups excluding carboxylic acids is 1. The van der Waals surface area contributed by atoms with Crippen LogP contribution < -0.4 is 9.80 Å². The van der Waals surface area contributed by atoms with Crippen molar-refractivity contribution in [2.75, 3.05) is 29.4 Å². The molecule has 0 N–H and O–H groups in total. The molecule has 118 valence electrons. The first-order chi connectivity index (χ1) is 11.2. The molecule has 1 amide bonds. The summed E-state index contributed by atoms with van der Waals surface area (Å²) in [6, 6.07) is 12.3. The van der Waals surface area contributed by atoms with Crippen LogP contribution >= 0.6 is 0 Å². The number of nitrogens with zero attached hydrogens (tertiary/aromatic N) is 2. The average molecular weight is 310 g/mol. The second-order valence-corrected chi connectivity index (χ2v) is 6.22. The molecule has 3 nitrogen and oxygen atoms in total. The quantitative estimate of drug-likeness (QED) is 0.845. The van der Waals surface area contributed by atoms with Crippen LogP contribution in [0.25, 0.3) is 0 Å². The van der Waals surface area contributed by atoms with E-state index in [0.29, 0.717) is 12.1 Å². The first kappa shape index (κ1) is 14.2. The third-order valence-corrected chi connectivity index (χ3v) is 4.75. The molecule has 0 unspecified atom stereocenters. The van der Waals surface area contributed by atoms with Crippen LogP contribution in [0.3, 0.4) is 0 Å². The highest BCUT2D eigenvalue weighted by Crippen LogP contribution is 2.34. The maximum Gasteiger partial charge on any atom is 0.258 e. The summed E-state index contributed by atoms with van der Waals surface area (Å²) in [5, 5.41) is 0. The lowest BCUT2D eigenvalue weighted by atomic mass is 10.1. The van der Waals surface area contributed by atoms with Gasteiger partial charge >= 0.3 is 0 Å². The molecule has 2 aromatic carbocycles. The van der Waals surface area contributed by atoms with Gasteiger partial charge in [0.2, 0.25) is 0 Å². The SMILES string of the molecule is O=C(c1cccc(F)c1)N1CCc2ccc(N3CCCC3)cc21. The highest BCUT2D eigenvalue weighted by molar-refractivity contribution is 6.07. The van der Waals surface area contributed by atoms with Crippen molar-refractivity contribution in [2.45, 2.75) is 19.3 Å². The largest absolute Gasteiger partial charge is 0.371 e. The van der Waals surface area contributed by atoms with Gasteiger partial charge in [0.1, 0.15) is 5.82 Å². The highest BCUT2D eigenvalue weighted by Gasteiger charge is 2.27. The summed E-state index contributed by atoms with van der Waals surface area (Å²) in [6.07, 6.45) is 3.31. The van der Waals surface area contributed by atoms with Gasteiger partial charge in [-0.3, -0.25) is 4.79 Å². The Bertz CT molecular complexity index is 753. The molecule has 0 spiro atoms. The molecule has 1 saturated heterocycles. The molecule has 0 atom stereocenters. The van der Waals surface area contributed by atoms with E-state index < -0.39 is 0 Å². The fourth-order valence-corrected chi connectivity index (χ4v) is 3.53. The van der Waals surface area contributed by atoms with Crippen molar-refractivity contribution in [3.8, 4) is 0 Å². The average Bonchev–Trinajstić information content (AvgIpc) is 3.23. The molecule has 0 bridgehead atoms. The Morgan fingerprint density at radius 1 is 1.00 bits per heavy atom. The predicted molar refractivity (Wildman–Crippen MR) is 89.7 cm³/mol. The number of amides is 1. The van der Waals surface area contributed by atoms with Gasteiger partial charge in [-0.05, 0) is 55.2 Å². The lowest BCUT2D eigenvalue weighted by Gasteiger charge is -2.22. The summed E-state index contributed by atoms with van der Waals surface area (Å²) in [6.45, 7) is 2.82. The Kier molecular flexibility index (Phi) is 3.52. The molecule has 0 aliphatic carbocycles. The van der Waals surface area contributed by atoms with E-state index in [2.05, 4.69) is 23.1 Å². The van der Waals surface area contributed by atoms with E-state index >= 15 is 0 Å². The van der Waals surface area contributed by atoms with E-state index in [-0.39, 0.29) is 11.7 Å². The van der Waals surface area contributed by atoms with Crippen LogP contribution in [0, 0.1) is 5.82 Å². The van der Waals surface area contributed by atoms with Gasteiger partial charge < -0.3 is 9.80 Å². The third-order valence-electron chi connectivity index (χ3n) is 4.75. The molecule has 2 aliphatic rings.